The summed E-state index contributed by atoms with van der Waals surface area (Å²) in [6.45, 7) is 1.85. The highest BCUT2D eigenvalue weighted by atomic mass is 32.1. The van der Waals surface area contributed by atoms with E-state index in [-0.39, 0.29) is 5.82 Å². The number of nitrogens with zero attached hydrogens (tertiary/aromatic N) is 1. The maximum Gasteiger partial charge on any atom is 0.149 e. The number of aromatic nitrogens is 1. The maximum atomic E-state index is 13.6. The predicted molar refractivity (Wildman–Crippen MR) is 57.1 cm³/mol. The fourth-order valence-corrected chi connectivity index (χ4v) is 2.15. The number of halogens is 1. The first kappa shape index (κ1) is 10.1. The third-order valence-corrected chi connectivity index (χ3v) is 3.03. The Morgan fingerprint density at radius 1 is 1.47 bits per heavy atom. The molecule has 0 amide bonds. The summed E-state index contributed by atoms with van der Waals surface area (Å²) in [4.78, 5) is 9.35. The average Bonchev–Trinajstić information content (AvgIpc) is 2.64. The van der Waals surface area contributed by atoms with Crippen molar-refractivity contribution in [1.29, 1.82) is 0 Å². The van der Waals surface area contributed by atoms with Gasteiger partial charge < -0.3 is 4.84 Å². The van der Waals surface area contributed by atoms with Gasteiger partial charge in [-0.3, -0.25) is 0 Å². The SMILES string of the molecule is Cc1ncsc1-c1ccc(ON)cc1F. The molecule has 0 saturated carbocycles. The Labute approximate surface area is 90.3 Å². The first-order valence-corrected chi connectivity index (χ1v) is 5.17. The lowest BCUT2D eigenvalue weighted by atomic mass is 10.1. The molecule has 0 saturated heterocycles. The number of thiazole rings is 1. The van der Waals surface area contributed by atoms with Gasteiger partial charge in [-0.25, -0.2) is 9.37 Å². The minimum Gasteiger partial charge on any atom is -0.411 e. The van der Waals surface area contributed by atoms with Crippen LogP contribution in [0.25, 0.3) is 10.4 Å². The van der Waals surface area contributed by atoms with E-state index >= 15 is 0 Å². The van der Waals surface area contributed by atoms with Crippen molar-refractivity contribution in [2.45, 2.75) is 6.92 Å². The van der Waals surface area contributed by atoms with Crippen molar-refractivity contribution in [3.63, 3.8) is 0 Å². The highest BCUT2D eigenvalue weighted by molar-refractivity contribution is 7.13. The molecule has 0 spiro atoms. The van der Waals surface area contributed by atoms with E-state index in [1.165, 1.54) is 17.4 Å². The molecule has 0 aliphatic heterocycles. The largest absolute Gasteiger partial charge is 0.411 e. The van der Waals surface area contributed by atoms with Crippen molar-refractivity contribution in [2.24, 2.45) is 5.90 Å². The minimum atomic E-state index is -0.356. The summed E-state index contributed by atoms with van der Waals surface area (Å²) >= 11 is 1.41. The van der Waals surface area contributed by atoms with Gasteiger partial charge in [0, 0.05) is 11.6 Å². The Hall–Kier alpha value is -1.46. The topological polar surface area (TPSA) is 48.1 Å². The first-order chi connectivity index (χ1) is 7.22. The van der Waals surface area contributed by atoms with Gasteiger partial charge >= 0.3 is 0 Å². The van der Waals surface area contributed by atoms with Crippen molar-refractivity contribution in [2.75, 3.05) is 0 Å². The predicted octanol–water partition coefficient (Wildman–Crippen LogP) is 2.51. The van der Waals surface area contributed by atoms with E-state index in [9.17, 15) is 4.39 Å². The van der Waals surface area contributed by atoms with E-state index in [0.717, 1.165) is 10.6 Å². The van der Waals surface area contributed by atoms with Crippen LogP contribution in [0.3, 0.4) is 0 Å². The van der Waals surface area contributed by atoms with Crippen LogP contribution in [0.1, 0.15) is 5.69 Å². The minimum absolute atomic E-state index is 0.304. The summed E-state index contributed by atoms with van der Waals surface area (Å²) < 4.78 is 13.6. The third-order valence-electron chi connectivity index (χ3n) is 2.07. The van der Waals surface area contributed by atoms with E-state index in [4.69, 9.17) is 5.90 Å². The second-order valence-corrected chi connectivity index (χ2v) is 3.88. The molecule has 1 aromatic heterocycles. The number of hydrogen-bond acceptors (Lipinski definition) is 4. The van der Waals surface area contributed by atoms with Crippen molar-refractivity contribution >= 4 is 11.3 Å². The van der Waals surface area contributed by atoms with Gasteiger partial charge in [0.05, 0.1) is 16.1 Å². The van der Waals surface area contributed by atoms with Crippen LogP contribution >= 0.6 is 11.3 Å². The highest BCUT2D eigenvalue weighted by Crippen LogP contribution is 2.31. The monoisotopic (exact) mass is 224 g/mol. The Morgan fingerprint density at radius 3 is 2.80 bits per heavy atom. The number of benzene rings is 1. The van der Waals surface area contributed by atoms with E-state index in [2.05, 4.69) is 9.82 Å². The number of hydrogen-bond donors (Lipinski definition) is 1. The van der Waals surface area contributed by atoms with E-state index in [0.29, 0.717) is 11.3 Å². The molecule has 0 aliphatic carbocycles. The number of rotatable bonds is 2. The van der Waals surface area contributed by atoms with Crippen molar-refractivity contribution in [1.82, 2.24) is 4.98 Å². The molecule has 2 rings (SSSR count). The smallest absolute Gasteiger partial charge is 0.149 e. The third kappa shape index (κ3) is 1.84. The lowest BCUT2D eigenvalue weighted by molar-refractivity contribution is 0.332. The summed E-state index contributed by atoms with van der Waals surface area (Å²) in [5.74, 6) is 4.89. The summed E-state index contributed by atoms with van der Waals surface area (Å²) in [6.07, 6.45) is 0. The van der Waals surface area contributed by atoms with Crippen molar-refractivity contribution in [3.05, 3.63) is 35.2 Å². The van der Waals surface area contributed by atoms with Crippen molar-refractivity contribution in [3.8, 4) is 16.2 Å². The van der Waals surface area contributed by atoms with Crippen molar-refractivity contribution < 1.29 is 9.23 Å². The molecule has 0 fully saturated rings. The zero-order valence-electron chi connectivity index (χ0n) is 8.03. The number of nitrogens with two attached hydrogens (primary N) is 1. The summed E-state index contributed by atoms with van der Waals surface area (Å²) in [7, 11) is 0. The van der Waals surface area contributed by atoms with E-state index in [1.54, 1.807) is 17.6 Å². The zero-order chi connectivity index (χ0) is 10.8. The van der Waals surface area contributed by atoms with Gasteiger partial charge in [0.2, 0.25) is 0 Å². The summed E-state index contributed by atoms with van der Waals surface area (Å²) in [5.41, 5.74) is 3.04. The Balaban J connectivity index is 2.50. The standard InChI is InChI=1S/C10H9FN2OS/c1-6-10(15-5-13-6)8-3-2-7(14-12)4-9(8)11/h2-5H,12H2,1H3. The zero-order valence-corrected chi connectivity index (χ0v) is 8.84. The highest BCUT2D eigenvalue weighted by Gasteiger charge is 2.10. The van der Waals surface area contributed by atoms with Gasteiger partial charge in [-0.1, -0.05) is 0 Å². The molecule has 2 N–H and O–H groups in total. The van der Waals surface area contributed by atoms with E-state index < -0.39 is 0 Å². The fourth-order valence-electron chi connectivity index (χ4n) is 1.31. The molecule has 78 valence electrons. The second kappa shape index (κ2) is 3.96. The van der Waals surface area contributed by atoms with Gasteiger partial charge in [0.1, 0.15) is 11.6 Å². The second-order valence-electron chi connectivity index (χ2n) is 3.03. The molecule has 0 atom stereocenters. The summed E-state index contributed by atoms with van der Waals surface area (Å²) in [6, 6.07) is 4.52. The van der Waals surface area contributed by atoms with E-state index in [1.807, 2.05) is 6.92 Å². The molecule has 3 nitrogen and oxygen atoms in total. The molecule has 15 heavy (non-hydrogen) atoms. The lowest BCUT2D eigenvalue weighted by Crippen LogP contribution is -2.02. The fraction of sp³-hybridized carbons (Fsp3) is 0.100. The van der Waals surface area contributed by atoms with Gasteiger partial charge in [-0.05, 0) is 19.1 Å². The normalized spacial score (nSPS) is 10.3. The average molecular weight is 224 g/mol. The van der Waals surface area contributed by atoms with Crippen LogP contribution in [0.5, 0.6) is 5.75 Å². The van der Waals surface area contributed by atoms with Crippen LogP contribution < -0.4 is 10.7 Å². The molecule has 0 unspecified atom stereocenters. The molecule has 1 aromatic carbocycles. The Bertz CT molecular complexity index is 484. The molecule has 2 aromatic rings. The van der Waals surface area contributed by atoms with Gasteiger partial charge in [-0.15, -0.1) is 11.3 Å². The van der Waals surface area contributed by atoms with Crippen LogP contribution in [0.2, 0.25) is 0 Å². The Morgan fingerprint density at radius 2 is 2.27 bits per heavy atom. The quantitative estimate of drug-likeness (QED) is 0.797. The Kier molecular flexibility index (Phi) is 2.66. The van der Waals surface area contributed by atoms with Crippen LogP contribution in [0.4, 0.5) is 4.39 Å². The van der Waals surface area contributed by atoms with Gasteiger partial charge in [0.25, 0.3) is 0 Å². The van der Waals surface area contributed by atoms with Crippen LogP contribution in [-0.4, -0.2) is 4.98 Å². The number of aryl methyl sites for hydroxylation is 1. The molecule has 1 heterocycles. The molecular weight excluding hydrogens is 215 g/mol. The summed E-state index contributed by atoms with van der Waals surface area (Å²) in [5, 5.41) is 0. The van der Waals surface area contributed by atoms with Crippen LogP contribution in [0, 0.1) is 12.7 Å². The molecule has 5 heteroatoms. The van der Waals surface area contributed by atoms with Gasteiger partial charge in [-0.2, -0.15) is 5.90 Å². The van der Waals surface area contributed by atoms with Gasteiger partial charge in [0.15, 0.2) is 0 Å². The lowest BCUT2D eigenvalue weighted by Gasteiger charge is -2.03. The van der Waals surface area contributed by atoms with Crippen LogP contribution in [0.15, 0.2) is 23.7 Å². The van der Waals surface area contributed by atoms with Crippen LogP contribution in [-0.2, 0) is 0 Å². The maximum absolute atomic E-state index is 13.6. The molecular formula is C10H9FN2OS. The molecule has 0 bridgehead atoms. The first-order valence-electron chi connectivity index (χ1n) is 4.29. The molecule has 0 aliphatic rings. The molecule has 0 radical (unpaired) electrons.